The van der Waals surface area contributed by atoms with Crippen LogP contribution in [0, 0.1) is 0 Å². The molecule has 0 radical (unpaired) electrons. The van der Waals surface area contributed by atoms with Crippen molar-refractivity contribution in [3.8, 4) is 11.8 Å². The molecule has 118 valence electrons. The van der Waals surface area contributed by atoms with E-state index in [4.69, 9.17) is 9.47 Å². The molecule has 2 fully saturated rings. The zero-order chi connectivity index (χ0) is 15.5. The van der Waals surface area contributed by atoms with Crippen LogP contribution in [0.15, 0.2) is 12.4 Å². The lowest BCUT2D eigenvalue weighted by Gasteiger charge is -2.20. The number of hydrogen-bond donors (Lipinski definition) is 1. The van der Waals surface area contributed by atoms with E-state index in [9.17, 15) is 9.59 Å². The zero-order valence-corrected chi connectivity index (χ0v) is 12.3. The standard InChI is InChI=1S/C14H18N4O4/c1-21-12-6-15-7-13(17-12)22-9-4-5-18(8-9)14(20)10-2-3-11(19)16-10/h6-7,9-10H,2-5,8H2,1H3,(H,16,19). The summed E-state index contributed by atoms with van der Waals surface area (Å²) in [7, 11) is 1.51. The first kappa shape index (κ1) is 14.6. The fourth-order valence-corrected chi connectivity index (χ4v) is 2.70. The van der Waals surface area contributed by atoms with E-state index in [-0.39, 0.29) is 24.0 Å². The molecule has 2 atom stereocenters. The first-order chi connectivity index (χ1) is 10.7. The Kier molecular flexibility index (Phi) is 4.08. The highest BCUT2D eigenvalue weighted by Crippen LogP contribution is 2.20. The molecule has 2 amide bonds. The van der Waals surface area contributed by atoms with Crippen molar-refractivity contribution in [1.82, 2.24) is 20.2 Å². The maximum absolute atomic E-state index is 12.3. The fourth-order valence-electron chi connectivity index (χ4n) is 2.70. The second-order valence-corrected chi connectivity index (χ2v) is 5.37. The third-order valence-corrected chi connectivity index (χ3v) is 3.84. The van der Waals surface area contributed by atoms with Crippen molar-refractivity contribution in [2.75, 3.05) is 20.2 Å². The number of ether oxygens (including phenoxy) is 2. The zero-order valence-electron chi connectivity index (χ0n) is 12.3. The minimum absolute atomic E-state index is 0.0336. The molecule has 0 aliphatic carbocycles. The number of hydrogen-bond acceptors (Lipinski definition) is 6. The Balaban J connectivity index is 1.55. The van der Waals surface area contributed by atoms with Gasteiger partial charge in [-0.3, -0.25) is 14.6 Å². The number of carbonyl (C=O) groups excluding carboxylic acids is 2. The van der Waals surface area contributed by atoms with Crippen LogP contribution in [0.25, 0.3) is 0 Å². The molecule has 0 saturated carbocycles. The van der Waals surface area contributed by atoms with E-state index < -0.39 is 0 Å². The minimum Gasteiger partial charge on any atom is -0.480 e. The summed E-state index contributed by atoms with van der Waals surface area (Å²) >= 11 is 0. The maximum Gasteiger partial charge on any atom is 0.245 e. The average Bonchev–Trinajstić information content (AvgIpc) is 3.16. The van der Waals surface area contributed by atoms with E-state index >= 15 is 0 Å². The van der Waals surface area contributed by atoms with E-state index in [1.54, 1.807) is 4.90 Å². The van der Waals surface area contributed by atoms with Gasteiger partial charge in [0, 0.05) is 19.4 Å². The lowest BCUT2D eigenvalue weighted by molar-refractivity contribution is -0.133. The normalized spacial score (nSPS) is 24.2. The van der Waals surface area contributed by atoms with Crippen molar-refractivity contribution in [3.05, 3.63) is 12.4 Å². The third-order valence-electron chi connectivity index (χ3n) is 3.84. The summed E-state index contributed by atoms with van der Waals surface area (Å²) in [6.07, 6.45) is 4.61. The van der Waals surface area contributed by atoms with Gasteiger partial charge in [-0.05, 0) is 6.42 Å². The summed E-state index contributed by atoms with van der Waals surface area (Å²) < 4.78 is 10.7. The Morgan fingerprint density at radius 1 is 1.36 bits per heavy atom. The Morgan fingerprint density at radius 3 is 2.91 bits per heavy atom. The second kappa shape index (κ2) is 6.17. The molecule has 2 aliphatic heterocycles. The summed E-state index contributed by atoms with van der Waals surface area (Å²) in [6.45, 7) is 1.11. The lowest BCUT2D eigenvalue weighted by atomic mass is 10.2. The van der Waals surface area contributed by atoms with E-state index in [1.807, 2.05) is 0 Å². The highest BCUT2D eigenvalue weighted by atomic mass is 16.5. The Hall–Kier alpha value is -2.38. The molecule has 0 aromatic carbocycles. The van der Waals surface area contributed by atoms with Crippen molar-refractivity contribution in [1.29, 1.82) is 0 Å². The first-order valence-electron chi connectivity index (χ1n) is 7.26. The molecule has 1 aromatic rings. The van der Waals surface area contributed by atoms with Crippen LogP contribution in [-0.4, -0.2) is 59.0 Å². The third kappa shape index (κ3) is 3.10. The highest BCUT2D eigenvalue weighted by molar-refractivity contribution is 5.90. The van der Waals surface area contributed by atoms with Crippen LogP contribution >= 0.6 is 0 Å². The molecule has 0 bridgehead atoms. The van der Waals surface area contributed by atoms with Gasteiger partial charge in [-0.1, -0.05) is 0 Å². The summed E-state index contributed by atoms with van der Waals surface area (Å²) in [5.74, 6) is 0.676. The first-order valence-corrected chi connectivity index (χ1v) is 7.26. The van der Waals surface area contributed by atoms with Crippen LogP contribution in [0.2, 0.25) is 0 Å². The van der Waals surface area contributed by atoms with Crippen molar-refractivity contribution in [2.45, 2.75) is 31.4 Å². The van der Waals surface area contributed by atoms with E-state index in [0.29, 0.717) is 37.7 Å². The number of likely N-dealkylation sites (tertiary alicyclic amines) is 1. The topological polar surface area (TPSA) is 93.7 Å². The predicted molar refractivity (Wildman–Crippen MR) is 75.4 cm³/mol. The van der Waals surface area contributed by atoms with E-state index in [2.05, 4.69) is 15.3 Å². The largest absolute Gasteiger partial charge is 0.480 e. The van der Waals surface area contributed by atoms with Gasteiger partial charge >= 0.3 is 0 Å². The quantitative estimate of drug-likeness (QED) is 0.824. The molecule has 8 heteroatoms. The fraction of sp³-hybridized carbons (Fsp3) is 0.571. The molecule has 3 rings (SSSR count). The SMILES string of the molecule is COc1cncc(OC2CCN(C(=O)C3CCC(=O)N3)C2)n1. The van der Waals surface area contributed by atoms with Crippen LogP contribution in [-0.2, 0) is 9.59 Å². The maximum atomic E-state index is 12.3. The summed E-state index contributed by atoms with van der Waals surface area (Å²) in [6, 6.07) is -0.386. The van der Waals surface area contributed by atoms with Crippen LogP contribution < -0.4 is 14.8 Å². The van der Waals surface area contributed by atoms with Crippen LogP contribution in [0.1, 0.15) is 19.3 Å². The molecule has 3 heterocycles. The van der Waals surface area contributed by atoms with E-state index in [1.165, 1.54) is 19.5 Å². The number of rotatable bonds is 4. The van der Waals surface area contributed by atoms with Gasteiger partial charge in [0.05, 0.1) is 26.0 Å². The number of carbonyl (C=O) groups is 2. The Bertz CT molecular complexity index is 580. The monoisotopic (exact) mass is 306 g/mol. The van der Waals surface area contributed by atoms with Gasteiger partial charge in [-0.15, -0.1) is 0 Å². The number of aromatic nitrogens is 2. The molecule has 0 spiro atoms. The second-order valence-electron chi connectivity index (χ2n) is 5.37. The van der Waals surface area contributed by atoms with Crippen molar-refractivity contribution in [2.24, 2.45) is 0 Å². The molecular weight excluding hydrogens is 288 g/mol. The van der Waals surface area contributed by atoms with Crippen molar-refractivity contribution < 1.29 is 19.1 Å². The Labute approximate surface area is 127 Å². The molecule has 22 heavy (non-hydrogen) atoms. The summed E-state index contributed by atoms with van der Waals surface area (Å²) in [4.78, 5) is 33.4. The summed E-state index contributed by atoms with van der Waals surface area (Å²) in [5, 5.41) is 2.70. The van der Waals surface area contributed by atoms with Crippen molar-refractivity contribution in [3.63, 3.8) is 0 Å². The van der Waals surface area contributed by atoms with Gasteiger partial charge in [0.15, 0.2) is 0 Å². The van der Waals surface area contributed by atoms with Gasteiger partial charge in [0.1, 0.15) is 12.1 Å². The van der Waals surface area contributed by atoms with E-state index in [0.717, 1.165) is 6.42 Å². The molecule has 1 N–H and O–H groups in total. The molecule has 1 aromatic heterocycles. The van der Waals surface area contributed by atoms with Gasteiger partial charge in [-0.25, -0.2) is 0 Å². The van der Waals surface area contributed by atoms with Crippen molar-refractivity contribution >= 4 is 11.8 Å². The highest BCUT2D eigenvalue weighted by Gasteiger charge is 2.35. The molecule has 2 aliphatic rings. The predicted octanol–water partition coefficient (Wildman–Crippen LogP) is -0.256. The summed E-state index contributed by atoms with van der Waals surface area (Å²) in [5.41, 5.74) is 0. The molecule has 2 saturated heterocycles. The smallest absolute Gasteiger partial charge is 0.245 e. The lowest BCUT2D eigenvalue weighted by Crippen LogP contribution is -2.44. The van der Waals surface area contributed by atoms with Gasteiger partial charge in [0.25, 0.3) is 0 Å². The Morgan fingerprint density at radius 2 is 2.18 bits per heavy atom. The van der Waals surface area contributed by atoms with Gasteiger partial charge in [-0.2, -0.15) is 4.98 Å². The van der Waals surface area contributed by atoms with Crippen LogP contribution in [0.3, 0.4) is 0 Å². The molecular formula is C14H18N4O4. The van der Waals surface area contributed by atoms with Crippen LogP contribution in [0.4, 0.5) is 0 Å². The molecule has 8 nitrogen and oxygen atoms in total. The number of nitrogens with zero attached hydrogens (tertiary/aromatic N) is 3. The minimum atomic E-state index is -0.386. The number of amides is 2. The van der Waals surface area contributed by atoms with Gasteiger partial charge < -0.3 is 19.7 Å². The average molecular weight is 306 g/mol. The van der Waals surface area contributed by atoms with Crippen LogP contribution in [0.5, 0.6) is 11.8 Å². The number of nitrogens with one attached hydrogen (secondary N) is 1. The van der Waals surface area contributed by atoms with Gasteiger partial charge in [0.2, 0.25) is 23.6 Å². The number of methoxy groups -OCH3 is 1. The molecule has 2 unspecified atom stereocenters.